The third-order valence-corrected chi connectivity index (χ3v) is 5.81. The van der Waals surface area contributed by atoms with E-state index in [9.17, 15) is 9.59 Å². The van der Waals surface area contributed by atoms with E-state index in [2.05, 4.69) is 27.5 Å². The van der Waals surface area contributed by atoms with E-state index in [1.807, 2.05) is 24.3 Å². The normalized spacial score (nSPS) is 12.0. The first-order chi connectivity index (χ1) is 16.9. The Labute approximate surface area is 205 Å². The number of carbonyl (C=O) groups excluding carboxylic acids is 1. The minimum Gasteiger partial charge on any atom is -0.369 e. The zero-order valence-electron chi connectivity index (χ0n) is 20.3. The number of carbonyl (C=O) groups is 1. The number of aromatic nitrogens is 3. The zero-order valence-corrected chi connectivity index (χ0v) is 20.3. The van der Waals surface area contributed by atoms with Crippen molar-refractivity contribution in [2.75, 3.05) is 24.1 Å². The smallest absolute Gasteiger partial charge is 0.264 e. The molecular weight excluding hydrogens is 444 g/mol. The lowest BCUT2D eigenvalue weighted by atomic mass is 10.1. The van der Waals surface area contributed by atoms with Crippen LogP contribution in [0.5, 0.6) is 0 Å². The summed E-state index contributed by atoms with van der Waals surface area (Å²) in [6.07, 6.45) is 6.02. The van der Waals surface area contributed by atoms with Gasteiger partial charge >= 0.3 is 0 Å². The molecule has 0 aliphatic heterocycles. The highest BCUT2D eigenvalue weighted by Gasteiger charge is 2.14. The van der Waals surface area contributed by atoms with Gasteiger partial charge < -0.3 is 32.4 Å². The molecular formula is C25H36N8O2. The number of fused-ring (bicyclic) bond motifs is 1. The fourth-order valence-corrected chi connectivity index (χ4v) is 3.75. The maximum Gasteiger partial charge on any atom is 0.264 e. The van der Waals surface area contributed by atoms with Gasteiger partial charge in [-0.25, -0.2) is 4.98 Å². The molecule has 0 radical (unpaired) electrons. The summed E-state index contributed by atoms with van der Waals surface area (Å²) in [6, 6.07) is 9.01. The molecule has 1 aromatic carbocycles. The molecule has 35 heavy (non-hydrogen) atoms. The number of pyridine rings is 1. The summed E-state index contributed by atoms with van der Waals surface area (Å²) >= 11 is 0. The zero-order chi connectivity index (χ0) is 25.2. The van der Waals surface area contributed by atoms with Crippen molar-refractivity contribution in [2.45, 2.75) is 58.2 Å². The number of nitrogens with one attached hydrogen (secondary N) is 2. The molecule has 0 fully saturated rings. The molecule has 0 spiro atoms. The second-order valence-corrected chi connectivity index (χ2v) is 8.65. The van der Waals surface area contributed by atoms with Crippen LogP contribution in [0.4, 0.5) is 11.8 Å². The predicted molar refractivity (Wildman–Crippen MR) is 140 cm³/mol. The largest absolute Gasteiger partial charge is 0.369 e. The first-order valence-electron chi connectivity index (χ1n) is 12.1. The van der Waals surface area contributed by atoms with Crippen LogP contribution in [-0.4, -0.2) is 39.6 Å². The number of benzene rings is 1. The van der Waals surface area contributed by atoms with E-state index >= 15 is 0 Å². The van der Waals surface area contributed by atoms with Crippen LogP contribution in [-0.2, 0) is 17.9 Å². The molecule has 3 rings (SSSR count). The van der Waals surface area contributed by atoms with E-state index in [1.165, 1.54) is 0 Å². The second-order valence-electron chi connectivity index (χ2n) is 8.65. The van der Waals surface area contributed by atoms with Crippen LogP contribution in [0.1, 0.15) is 50.2 Å². The Morgan fingerprint density at radius 2 is 1.83 bits per heavy atom. The fraction of sp³-hybridized carbons (Fsp3) is 0.440. The summed E-state index contributed by atoms with van der Waals surface area (Å²) in [7, 11) is 0. The number of nitrogens with zero attached hydrogens (tertiary/aromatic N) is 3. The van der Waals surface area contributed by atoms with Crippen LogP contribution in [0, 0.1) is 0 Å². The van der Waals surface area contributed by atoms with E-state index in [0.717, 1.165) is 36.8 Å². The number of rotatable bonds is 13. The Balaban J connectivity index is 1.67. The van der Waals surface area contributed by atoms with Crippen LogP contribution in [0.2, 0.25) is 0 Å². The first-order valence-corrected chi connectivity index (χ1v) is 12.1. The van der Waals surface area contributed by atoms with Crippen molar-refractivity contribution < 1.29 is 4.79 Å². The van der Waals surface area contributed by atoms with Crippen LogP contribution < -0.4 is 33.4 Å². The number of anilines is 2. The lowest BCUT2D eigenvalue weighted by molar-refractivity contribution is -0.122. The second kappa shape index (κ2) is 12.8. The van der Waals surface area contributed by atoms with Crippen molar-refractivity contribution >= 4 is 28.6 Å². The number of amides is 1. The van der Waals surface area contributed by atoms with Gasteiger partial charge in [-0.1, -0.05) is 44.0 Å². The Kier molecular flexibility index (Phi) is 9.56. The molecule has 188 valence electrons. The average Bonchev–Trinajstić information content (AvgIpc) is 2.85. The number of unbranched alkanes of at least 4 members (excludes halogenated alkanes) is 2. The van der Waals surface area contributed by atoms with E-state index in [0.29, 0.717) is 49.3 Å². The van der Waals surface area contributed by atoms with E-state index < -0.39 is 6.04 Å². The first kappa shape index (κ1) is 26.1. The summed E-state index contributed by atoms with van der Waals surface area (Å²) in [6.45, 7) is 4.19. The molecule has 8 N–H and O–H groups in total. The number of nitrogens with two attached hydrogens (primary N) is 3. The maximum atomic E-state index is 13.2. The van der Waals surface area contributed by atoms with E-state index in [4.69, 9.17) is 17.2 Å². The van der Waals surface area contributed by atoms with E-state index in [-0.39, 0.29) is 17.4 Å². The third-order valence-electron chi connectivity index (χ3n) is 5.81. The Morgan fingerprint density at radius 3 is 2.54 bits per heavy atom. The molecule has 0 saturated heterocycles. The van der Waals surface area contributed by atoms with Crippen molar-refractivity contribution in [1.29, 1.82) is 0 Å². The van der Waals surface area contributed by atoms with Gasteiger partial charge in [0.25, 0.3) is 5.56 Å². The molecule has 2 heterocycles. The number of hydrogen-bond donors (Lipinski definition) is 5. The van der Waals surface area contributed by atoms with Gasteiger partial charge in [-0.2, -0.15) is 4.98 Å². The Bertz CT molecular complexity index is 1180. The van der Waals surface area contributed by atoms with Gasteiger partial charge in [0.05, 0.1) is 18.1 Å². The highest BCUT2D eigenvalue weighted by molar-refractivity contribution is 5.89. The summed E-state index contributed by atoms with van der Waals surface area (Å²) in [5.41, 5.74) is 19.5. The summed E-state index contributed by atoms with van der Waals surface area (Å²) in [4.78, 5) is 33.9. The van der Waals surface area contributed by atoms with Crippen LogP contribution in [0.3, 0.4) is 0 Å². The molecule has 1 atom stereocenters. The summed E-state index contributed by atoms with van der Waals surface area (Å²) in [5.74, 6) is 0.431. The van der Waals surface area contributed by atoms with Gasteiger partial charge in [0.15, 0.2) is 0 Å². The van der Waals surface area contributed by atoms with Gasteiger partial charge in [0.1, 0.15) is 11.2 Å². The Morgan fingerprint density at radius 1 is 1.09 bits per heavy atom. The lowest BCUT2D eigenvalue weighted by Crippen LogP contribution is -2.40. The quantitative estimate of drug-likeness (QED) is 0.230. The molecule has 10 heteroatoms. The highest BCUT2D eigenvalue weighted by Crippen LogP contribution is 2.18. The molecule has 0 saturated carbocycles. The average molecular weight is 481 g/mol. The molecule has 2 aromatic heterocycles. The molecule has 1 amide bonds. The minimum atomic E-state index is -0.527. The van der Waals surface area contributed by atoms with Crippen molar-refractivity contribution in [2.24, 2.45) is 11.5 Å². The third kappa shape index (κ3) is 7.24. The topological polar surface area (TPSA) is 167 Å². The SMILES string of the molecule is CCCCNc1nc(N)nc2ccn(Cc3ccc(CNC(=O)C(N)CCCCN)cc3)c(=O)c12. The highest BCUT2D eigenvalue weighted by atomic mass is 16.2. The van der Waals surface area contributed by atoms with Crippen LogP contribution >= 0.6 is 0 Å². The molecule has 0 aliphatic carbocycles. The van der Waals surface area contributed by atoms with Crippen molar-refractivity contribution in [3.8, 4) is 0 Å². The van der Waals surface area contributed by atoms with Gasteiger partial charge in [0, 0.05) is 19.3 Å². The van der Waals surface area contributed by atoms with Crippen molar-refractivity contribution in [1.82, 2.24) is 19.9 Å². The minimum absolute atomic E-state index is 0.132. The number of nitrogen functional groups attached to an aromatic ring is 1. The summed E-state index contributed by atoms with van der Waals surface area (Å²) < 4.78 is 1.63. The maximum absolute atomic E-state index is 13.2. The molecule has 0 aliphatic rings. The molecule has 0 bridgehead atoms. The van der Waals surface area contributed by atoms with Crippen molar-refractivity contribution in [3.63, 3.8) is 0 Å². The molecule has 1 unspecified atom stereocenters. The lowest BCUT2D eigenvalue weighted by Gasteiger charge is -2.13. The summed E-state index contributed by atoms with van der Waals surface area (Å²) in [5, 5.41) is 6.53. The standard InChI is InChI=1S/C25H36N8O2/c1-2-3-13-29-22-21-20(31-25(28)32-22)11-14-33(24(21)35)16-18-9-7-17(8-10-18)15-30-23(34)19(27)6-4-5-12-26/h7-11,14,19H,2-6,12-13,15-16,26-27H2,1H3,(H,30,34)(H3,28,29,31,32). The van der Waals surface area contributed by atoms with Gasteiger partial charge in [-0.15, -0.1) is 0 Å². The van der Waals surface area contributed by atoms with Crippen molar-refractivity contribution in [3.05, 3.63) is 58.0 Å². The number of hydrogen-bond acceptors (Lipinski definition) is 8. The molecule has 3 aromatic rings. The monoisotopic (exact) mass is 480 g/mol. The van der Waals surface area contributed by atoms with E-state index in [1.54, 1.807) is 16.8 Å². The molecule has 10 nitrogen and oxygen atoms in total. The van der Waals surface area contributed by atoms with Crippen LogP contribution in [0.15, 0.2) is 41.3 Å². The van der Waals surface area contributed by atoms with Gasteiger partial charge in [0.2, 0.25) is 11.9 Å². The predicted octanol–water partition coefficient (Wildman–Crippen LogP) is 1.71. The van der Waals surface area contributed by atoms with Gasteiger partial charge in [-0.3, -0.25) is 9.59 Å². The Hall–Kier alpha value is -3.50. The van der Waals surface area contributed by atoms with Crippen LogP contribution in [0.25, 0.3) is 10.9 Å². The fourth-order valence-electron chi connectivity index (χ4n) is 3.75. The van der Waals surface area contributed by atoms with Gasteiger partial charge in [-0.05, 0) is 43.0 Å².